The average molecular weight is 191 g/mol. The molecule has 0 aromatic carbocycles. The summed E-state index contributed by atoms with van der Waals surface area (Å²) >= 11 is 0. The zero-order valence-electron chi connectivity index (χ0n) is 7.22. The third kappa shape index (κ3) is 1.22. The van der Waals surface area contributed by atoms with E-state index in [1.54, 1.807) is 0 Å². The molecule has 3 nitrogen and oxygen atoms in total. The van der Waals surface area contributed by atoms with Crippen LogP contribution >= 0.6 is 0 Å². The van der Waals surface area contributed by atoms with Gasteiger partial charge >= 0.3 is 5.97 Å². The van der Waals surface area contributed by atoms with Crippen molar-refractivity contribution in [2.24, 2.45) is 5.92 Å². The van der Waals surface area contributed by atoms with Gasteiger partial charge < -0.3 is 4.74 Å². The molecule has 13 heavy (non-hydrogen) atoms. The Morgan fingerprint density at radius 3 is 2.69 bits per heavy atom. The van der Waals surface area contributed by atoms with Crippen LogP contribution in [0.25, 0.3) is 0 Å². The number of hydrogen-bond donors (Lipinski definition) is 1. The van der Waals surface area contributed by atoms with Gasteiger partial charge in [0, 0.05) is 6.42 Å². The summed E-state index contributed by atoms with van der Waals surface area (Å²) in [4.78, 5) is 11.1. The summed E-state index contributed by atoms with van der Waals surface area (Å²) in [5, 5.41) is 2.61. The van der Waals surface area contributed by atoms with Gasteiger partial charge in [-0.15, -0.1) is 0 Å². The Bertz CT molecular complexity index is 244. The van der Waals surface area contributed by atoms with Gasteiger partial charge in [-0.1, -0.05) is 0 Å². The van der Waals surface area contributed by atoms with Gasteiger partial charge in [-0.3, -0.25) is 10.1 Å². The number of fused-ring (bicyclic) bond motifs is 2. The first kappa shape index (κ1) is 8.87. The number of halogens is 2. The molecule has 0 aromatic rings. The van der Waals surface area contributed by atoms with Gasteiger partial charge in [-0.05, 0) is 12.3 Å². The lowest BCUT2D eigenvalue weighted by molar-refractivity contribution is -0.146. The van der Waals surface area contributed by atoms with E-state index in [2.05, 4.69) is 10.1 Å². The Hall–Kier alpha value is -0.710. The van der Waals surface area contributed by atoms with Crippen molar-refractivity contribution in [3.63, 3.8) is 0 Å². The summed E-state index contributed by atoms with van der Waals surface area (Å²) in [6, 6.07) is -1.35. The van der Waals surface area contributed by atoms with Crippen LogP contribution in [0.3, 0.4) is 0 Å². The number of ether oxygens (including phenoxy) is 1. The molecule has 0 spiro atoms. The SMILES string of the molecule is COC(=O)[C@H]1NC2CC1CC2(F)F. The number of piperidine rings is 1. The van der Waals surface area contributed by atoms with E-state index < -0.39 is 24.0 Å². The summed E-state index contributed by atoms with van der Waals surface area (Å²) in [6.07, 6.45) is 0.192. The number of hydrogen-bond acceptors (Lipinski definition) is 3. The van der Waals surface area contributed by atoms with E-state index in [4.69, 9.17) is 0 Å². The molecule has 3 atom stereocenters. The van der Waals surface area contributed by atoms with Crippen molar-refractivity contribution in [2.45, 2.75) is 30.8 Å². The fraction of sp³-hybridized carbons (Fsp3) is 0.875. The van der Waals surface area contributed by atoms with E-state index >= 15 is 0 Å². The number of carbonyl (C=O) groups is 1. The monoisotopic (exact) mass is 191 g/mol. The second-order valence-corrected chi connectivity index (χ2v) is 3.68. The summed E-state index contributed by atoms with van der Waals surface area (Å²) in [5.41, 5.74) is 0. The van der Waals surface area contributed by atoms with E-state index in [0.717, 1.165) is 0 Å². The zero-order chi connectivity index (χ0) is 9.64. The van der Waals surface area contributed by atoms with Gasteiger partial charge in [0.2, 0.25) is 0 Å². The number of nitrogens with one attached hydrogen (secondary N) is 1. The van der Waals surface area contributed by atoms with Gasteiger partial charge in [0.15, 0.2) is 0 Å². The van der Waals surface area contributed by atoms with Crippen molar-refractivity contribution in [3.05, 3.63) is 0 Å². The van der Waals surface area contributed by atoms with E-state index in [-0.39, 0.29) is 12.3 Å². The van der Waals surface area contributed by atoms with Gasteiger partial charge in [0.25, 0.3) is 5.92 Å². The predicted octanol–water partition coefficient (Wildman–Crippen LogP) is 0.545. The molecule has 2 rings (SSSR count). The highest BCUT2D eigenvalue weighted by atomic mass is 19.3. The minimum absolute atomic E-state index is 0.190. The van der Waals surface area contributed by atoms with Crippen molar-refractivity contribution in [1.82, 2.24) is 5.32 Å². The number of esters is 1. The van der Waals surface area contributed by atoms with Crippen LogP contribution in [-0.2, 0) is 9.53 Å². The molecule has 2 aliphatic rings. The lowest BCUT2D eigenvalue weighted by Gasteiger charge is -2.27. The fourth-order valence-corrected chi connectivity index (χ4v) is 2.23. The molecule has 1 N–H and O–H groups in total. The van der Waals surface area contributed by atoms with E-state index in [9.17, 15) is 13.6 Å². The van der Waals surface area contributed by atoms with Crippen molar-refractivity contribution in [3.8, 4) is 0 Å². The molecular formula is C8H11F2NO2. The van der Waals surface area contributed by atoms with E-state index in [1.807, 2.05) is 0 Å². The smallest absolute Gasteiger partial charge is 0.323 e. The largest absolute Gasteiger partial charge is 0.468 e. The maximum atomic E-state index is 13.0. The highest BCUT2D eigenvalue weighted by Crippen LogP contribution is 2.45. The second-order valence-electron chi connectivity index (χ2n) is 3.68. The number of rotatable bonds is 1. The normalized spacial score (nSPS) is 40.7. The third-order valence-electron chi connectivity index (χ3n) is 2.89. The first-order valence-corrected chi connectivity index (χ1v) is 4.26. The van der Waals surface area contributed by atoms with Crippen molar-refractivity contribution in [1.29, 1.82) is 0 Å². The van der Waals surface area contributed by atoms with Crippen molar-refractivity contribution < 1.29 is 18.3 Å². The van der Waals surface area contributed by atoms with Gasteiger partial charge in [0.05, 0.1) is 13.2 Å². The summed E-state index contributed by atoms with van der Waals surface area (Å²) in [7, 11) is 1.27. The van der Waals surface area contributed by atoms with Crippen LogP contribution in [-0.4, -0.2) is 31.1 Å². The van der Waals surface area contributed by atoms with Gasteiger partial charge in [-0.2, -0.15) is 0 Å². The molecule has 1 heterocycles. The van der Waals surface area contributed by atoms with Crippen LogP contribution in [0, 0.1) is 5.92 Å². The molecule has 5 heteroatoms. The molecule has 1 aliphatic heterocycles. The Morgan fingerprint density at radius 2 is 2.31 bits per heavy atom. The maximum Gasteiger partial charge on any atom is 0.323 e. The standard InChI is InChI=1S/C8H11F2NO2/c1-13-7(12)6-4-2-5(11-6)8(9,10)3-4/h4-6,11H,2-3H2,1H3/t4?,5?,6-/m0/s1. The molecule has 1 saturated heterocycles. The Labute approximate surface area is 74.4 Å². The first-order valence-electron chi connectivity index (χ1n) is 4.26. The Morgan fingerprint density at radius 1 is 1.62 bits per heavy atom. The summed E-state index contributed by atoms with van der Waals surface area (Å²) < 4.78 is 30.4. The van der Waals surface area contributed by atoms with Crippen LogP contribution < -0.4 is 5.32 Å². The molecule has 1 aliphatic carbocycles. The summed E-state index contributed by atoms with van der Waals surface area (Å²) in [5.74, 6) is -3.33. The molecule has 2 unspecified atom stereocenters. The van der Waals surface area contributed by atoms with Crippen LogP contribution in [0.1, 0.15) is 12.8 Å². The van der Waals surface area contributed by atoms with E-state index in [0.29, 0.717) is 6.42 Å². The fourth-order valence-electron chi connectivity index (χ4n) is 2.23. The minimum Gasteiger partial charge on any atom is -0.468 e. The van der Waals surface area contributed by atoms with Gasteiger partial charge in [-0.25, -0.2) is 8.78 Å². The van der Waals surface area contributed by atoms with E-state index in [1.165, 1.54) is 7.11 Å². The number of methoxy groups -OCH3 is 1. The molecule has 74 valence electrons. The zero-order valence-corrected chi connectivity index (χ0v) is 7.22. The highest BCUT2D eigenvalue weighted by Gasteiger charge is 2.58. The lowest BCUT2D eigenvalue weighted by atomic mass is 9.99. The molecule has 2 bridgehead atoms. The molecule has 2 fully saturated rings. The van der Waals surface area contributed by atoms with Gasteiger partial charge in [0.1, 0.15) is 6.04 Å². The molecule has 0 aromatic heterocycles. The van der Waals surface area contributed by atoms with Crippen molar-refractivity contribution in [2.75, 3.05) is 7.11 Å². The second kappa shape index (κ2) is 2.64. The topological polar surface area (TPSA) is 38.3 Å². The minimum atomic E-state index is -2.64. The first-order chi connectivity index (χ1) is 6.04. The quantitative estimate of drug-likeness (QED) is 0.615. The van der Waals surface area contributed by atoms with Crippen LogP contribution in [0.2, 0.25) is 0 Å². The van der Waals surface area contributed by atoms with Crippen LogP contribution in [0.5, 0.6) is 0 Å². The third-order valence-corrected chi connectivity index (χ3v) is 2.89. The Kier molecular flexibility index (Phi) is 1.80. The van der Waals surface area contributed by atoms with Crippen LogP contribution in [0.4, 0.5) is 8.78 Å². The molecule has 0 radical (unpaired) electrons. The molecular weight excluding hydrogens is 180 g/mol. The maximum absolute atomic E-state index is 13.0. The number of carbonyl (C=O) groups excluding carboxylic acids is 1. The van der Waals surface area contributed by atoms with Crippen LogP contribution in [0.15, 0.2) is 0 Å². The summed E-state index contributed by atoms with van der Waals surface area (Å²) in [6.45, 7) is 0. The number of alkyl halides is 2. The van der Waals surface area contributed by atoms with Crippen molar-refractivity contribution >= 4 is 5.97 Å². The average Bonchev–Trinajstić information content (AvgIpc) is 2.57. The Balaban J connectivity index is 2.07. The molecule has 0 amide bonds. The highest BCUT2D eigenvalue weighted by molar-refractivity contribution is 5.77. The lowest BCUT2D eigenvalue weighted by Crippen LogP contribution is -2.50. The predicted molar refractivity (Wildman–Crippen MR) is 40.4 cm³/mol. The molecule has 1 saturated carbocycles.